The van der Waals surface area contributed by atoms with Crippen LogP contribution in [-0.2, 0) is 11.2 Å². The summed E-state index contributed by atoms with van der Waals surface area (Å²) in [6.45, 7) is 0.665. The molecule has 2 aromatic rings. The van der Waals surface area contributed by atoms with Crippen molar-refractivity contribution in [2.75, 3.05) is 20.3 Å². The second-order valence-electron chi connectivity index (χ2n) is 5.04. The highest BCUT2D eigenvalue weighted by molar-refractivity contribution is 9.10. The lowest BCUT2D eigenvalue weighted by Gasteiger charge is -2.08. The van der Waals surface area contributed by atoms with Gasteiger partial charge in [-0.15, -0.1) is 0 Å². The van der Waals surface area contributed by atoms with E-state index in [1.165, 1.54) is 5.56 Å². The topological polar surface area (TPSA) is 47.6 Å². The summed E-state index contributed by atoms with van der Waals surface area (Å²) in [6, 6.07) is 15.4. The number of hydrogen-bond acceptors (Lipinski definition) is 3. The van der Waals surface area contributed by atoms with Gasteiger partial charge in [-0.05, 0) is 54.8 Å². The van der Waals surface area contributed by atoms with Gasteiger partial charge in [-0.1, -0.05) is 28.1 Å². The van der Waals surface area contributed by atoms with E-state index in [1.54, 1.807) is 7.11 Å². The Labute approximate surface area is 144 Å². The van der Waals surface area contributed by atoms with Crippen LogP contribution >= 0.6 is 15.9 Å². The van der Waals surface area contributed by atoms with Crippen LogP contribution in [0.1, 0.15) is 12.0 Å². The van der Waals surface area contributed by atoms with Crippen LogP contribution < -0.4 is 14.8 Å². The average molecular weight is 378 g/mol. The summed E-state index contributed by atoms with van der Waals surface area (Å²) in [6.07, 6.45) is 1.80. The zero-order valence-corrected chi connectivity index (χ0v) is 14.6. The molecule has 2 rings (SSSR count). The zero-order valence-electron chi connectivity index (χ0n) is 13.0. The molecule has 0 bridgehead atoms. The highest BCUT2D eigenvalue weighted by atomic mass is 79.9. The van der Waals surface area contributed by atoms with E-state index in [0.29, 0.717) is 12.3 Å². The van der Waals surface area contributed by atoms with Crippen molar-refractivity contribution >= 4 is 21.8 Å². The van der Waals surface area contributed by atoms with Gasteiger partial charge >= 0.3 is 0 Å². The minimum absolute atomic E-state index is 0.0319. The fourth-order valence-electron chi connectivity index (χ4n) is 2.04. The second kappa shape index (κ2) is 9.20. The molecule has 0 aromatic heterocycles. The predicted octanol–water partition coefficient (Wildman–Crippen LogP) is 3.59. The van der Waals surface area contributed by atoms with Crippen molar-refractivity contribution in [3.8, 4) is 11.5 Å². The normalized spacial score (nSPS) is 10.2. The first kappa shape index (κ1) is 17.3. The van der Waals surface area contributed by atoms with Crippen molar-refractivity contribution in [2.45, 2.75) is 12.8 Å². The summed E-state index contributed by atoms with van der Waals surface area (Å²) >= 11 is 3.35. The van der Waals surface area contributed by atoms with Gasteiger partial charge in [0.2, 0.25) is 0 Å². The van der Waals surface area contributed by atoms with Gasteiger partial charge in [0.25, 0.3) is 5.91 Å². The summed E-state index contributed by atoms with van der Waals surface area (Å²) < 4.78 is 11.5. The lowest BCUT2D eigenvalue weighted by molar-refractivity contribution is -0.123. The standard InChI is InChI=1S/C18H20BrNO3/c1-22-16-8-4-14(5-9-16)3-2-12-20-18(21)13-23-17-10-6-15(19)7-11-17/h4-11H,2-3,12-13H2,1H3,(H,20,21). The first-order valence-electron chi connectivity index (χ1n) is 7.45. The fourth-order valence-corrected chi connectivity index (χ4v) is 2.31. The van der Waals surface area contributed by atoms with Crippen molar-refractivity contribution in [2.24, 2.45) is 0 Å². The first-order chi connectivity index (χ1) is 11.2. The monoisotopic (exact) mass is 377 g/mol. The Morgan fingerprint density at radius 2 is 1.70 bits per heavy atom. The van der Waals surface area contributed by atoms with Crippen LogP contribution in [0.5, 0.6) is 11.5 Å². The summed E-state index contributed by atoms with van der Waals surface area (Å²) in [7, 11) is 1.65. The third kappa shape index (κ3) is 6.32. The lowest BCUT2D eigenvalue weighted by atomic mass is 10.1. The van der Waals surface area contributed by atoms with E-state index in [4.69, 9.17) is 9.47 Å². The number of amides is 1. The van der Waals surface area contributed by atoms with Gasteiger partial charge in [-0.2, -0.15) is 0 Å². The van der Waals surface area contributed by atoms with Crippen LogP contribution in [0.15, 0.2) is 53.0 Å². The molecule has 0 saturated carbocycles. The highest BCUT2D eigenvalue weighted by Crippen LogP contribution is 2.16. The number of ether oxygens (including phenoxy) is 2. The molecule has 2 aromatic carbocycles. The van der Waals surface area contributed by atoms with E-state index in [0.717, 1.165) is 23.1 Å². The number of carbonyl (C=O) groups is 1. The summed E-state index contributed by atoms with van der Waals surface area (Å²) in [5.74, 6) is 1.43. The van der Waals surface area contributed by atoms with E-state index in [9.17, 15) is 4.79 Å². The van der Waals surface area contributed by atoms with E-state index < -0.39 is 0 Å². The smallest absolute Gasteiger partial charge is 0.257 e. The molecular formula is C18H20BrNO3. The lowest BCUT2D eigenvalue weighted by Crippen LogP contribution is -2.29. The van der Waals surface area contributed by atoms with Crippen molar-refractivity contribution < 1.29 is 14.3 Å². The van der Waals surface area contributed by atoms with Gasteiger partial charge in [0, 0.05) is 11.0 Å². The fraction of sp³-hybridized carbons (Fsp3) is 0.278. The molecule has 122 valence electrons. The minimum Gasteiger partial charge on any atom is -0.497 e. The van der Waals surface area contributed by atoms with Gasteiger partial charge in [-0.3, -0.25) is 4.79 Å². The second-order valence-corrected chi connectivity index (χ2v) is 5.96. The largest absolute Gasteiger partial charge is 0.497 e. The maximum atomic E-state index is 11.7. The number of nitrogens with one attached hydrogen (secondary N) is 1. The van der Waals surface area contributed by atoms with Gasteiger partial charge in [0.15, 0.2) is 6.61 Å². The van der Waals surface area contributed by atoms with Crippen molar-refractivity contribution in [1.29, 1.82) is 0 Å². The molecule has 0 radical (unpaired) electrons. The zero-order chi connectivity index (χ0) is 16.5. The number of methoxy groups -OCH3 is 1. The quantitative estimate of drug-likeness (QED) is 0.715. The summed E-state index contributed by atoms with van der Waals surface area (Å²) in [4.78, 5) is 11.7. The van der Waals surface area contributed by atoms with E-state index >= 15 is 0 Å². The predicted molar refractivity (Wildman–Crippen MR) is 94.0 cm³/mol. The van der Waals surface area contributed by atoms with Crippen LogP contribution in [0.3, 0.4) is 0 Å². The molecule has 1 N–H and O–H groups in total. The molecule has 0 unspecified atom stereocenters. The van der Waals surface area contributed by atoms with Crippen molar-refractivity contribution in [1.82, 2.24) is 5.32 Å². The average Bonchev–Trinajstić information content (AvgIpc) is 2.59. The summed E-state index contributed by atoms with van der Waals surface area (Å²) in [5, 5.41) is 2.86. The number of halogens is 1. The third-order valence-electron chi connectivity index (χ3n) is 3.31. The van der Waals surface area contributed by atoms with Crippen LogP contribution in [0.4, 0.5) is 0 Å². The third-order valence-corrected chi connectivity index (χ3v) is 3.84. The Bertz CT molecular complexity index is 611. The van der Waals surface area contributed by atoms with Crippen LogP contribution in [0.25, 0.3) is 0 Å². The summed E-state index contributed by atoms with van der Waals surface area (Å²) in [5.41, 5.74) is 1.23. The minimum atomic E-state index is -0.109. The Balaban J connectivity index is 1.61. The molecule has 23 heavy (non-hydrogen) atoms. The molecule has 0 aliphatic rings. The molecule has 1 amide bonds. The van der Waals surface area contributed by atoms with E-state index in [2.05, 4.69) is 21.2 Å². The van der Waals surface area contributed by atoms with Crippen LogP contribution in [0.2, 0.25) is 0 Å². The molecule has 0 heterocycles. The van der Waals surface area contributed by atoms with Gasteiger partial charge in [-0.25, -0.2) is 0 Å². The molecule has 0 spiro atoms. The Morgan fingerprint density at radius 1 is 1.04 bits per heavy atom. The Morgan fingerprint density at radius 3 is 2.35 bits per heavy atom. The molecular weight excluding hydrogens is 358 g/mol. The van der Waals surface area contributed by atoms with Crippen molar-refractivity contribution in [3.63, 3.8) is 0 Å². The number of benzene rings is 2. The molecule has 4 nitrogen and oxygen atoms in total. The van der Waals surface area contributed by atoms with Gasteiger partial charge in [0.05, 0.1) is 7.11 Å². The molecule has 0 atom stereocenters. The van der Waals surface area contributed by atoms with Crippen molar-refractivity contribution in [3.05, 3.63) is 58.6 Å². The van der Waals surface area contributed by atoms with Crippen LogP contribution in [0, 0.1) is 0 Å². The SMILES string of the molecule is COc1ccc(CCCNC(=O)COc2ccc(Br)cc2)cc1. The maximum Gasteiger partial charge on any atom is 0.257 e. The van der Waals surface area contributed by atoms with E-state index in [-0.39, 0.29) is 12.5 Å². The van der Waals surface area contributed by atoms with Gasteiger partial charge < -0.3 is 14.8 Å². The molecule has 0 fully saturated rings. The Kier molecular flexibility index (Phi) is 6.94. The number of aryl methyl sites for hydroxylation is 1. The molecule has 0 aliphatic carbocycles. The number of hydrogen-bond donors (Lipinski definition) is 1. The Hall–Kier alpha value is -2.01. The maximum absolute atomic E-state index is 11.7. The van der Waals surface area contributed by atoms with E-state index in [1.807, 2.05) is 48.5 Å². The molecule has 0 aliphatic heterocycles. The first-order valence-corrected chi connectivity index (χ1v) is 8.24. The van der Waals surface area contributed by atoms with Crippen LogP contribution in [-0.4, -0.2) is 26.2 Å². The molecule has 0 saturated heterocycles. The van der Waals surface area contributed by atoms with Gasteiger partial charge in [0.1, 0.15) is 11.5 Å². The number of carbonyl (C=O) groups excluding carboxylic acids is 1. The number of rotatable bonds is 8. The molecule has 5 heteroatoms. The highest BCUT2D eigenvalue weighted by Gasteiger charge is 2.02.